The van der Waals surface area contributed by atoms with Crippen LogP contribution in [0.25, 0.3) is 0 Å². The maximum absolute atomic E-state index is 14.1. The van der Waals surface area contributed by atoms with E-state index in [1.54, 1.807) is 6.07 Å². The molecule has 1 aliphatic carbocycles. The largest absolute Gasteiger partial charge is 0.506 e. The average molecular weight is 286 g/mol. The van der Waals surface area contributed by atoms with Gasteiger partial charge < -0.3 is 5.11 Å². The minimum absolute atomic E-state index is 0.243. The molecule has 3 rings (SSSR count). The summed E-state index contributed by atoms with van der Waals surface area (Å²) in [4.78, 5) is 25.4. The first-order valence-electron chi connectivity index (χ1n) is 6.58. The molecule has 0 radical (unpaired) electrons. The number of phenols is 1. The molecule has 1 N–H and O–H groups in total. The number of nitriles is 1. The lowest BCUT2D eigenvalue weighted by Crippen LogP contribution is -2.32. The van der Waals surface area contributed by atoms with Crippen LogP contribution in [0.3, 0.4) is 0 Å². The first-order chi connectivity index (χ1) is 10.0. The number of imide groups is 1. The Morgan fingerprint density at radius 1 is 1.14 bits per heavy atom. The number of hydrogen-bond donors (Lipinski definition) is 1. The van der Waals surface area contributed by atoms with Crippen LogP contribution < -0.4 is 4.90 Å². The third-order valence-corrected chi connectivity index (χ3v) is 3.82. The molecule has 0 spiro atoms. The van der Waals surface area contributed by atoms with Gasteiger partial charge in [-0.2, -0.15) is 5.26 Å². The Balaban J connectivity index is 2.07. The zero-order valence-corrected chi connectivity index (χ0v) is 11.0. The van der Waals surface area contributed by atoms with Crippen molar-refractivity contribution in [3.05, 3.63) is 34.7 Å². The lowest BCUT2D eigenvalue weighted by atomic mass is 9.93. The number of nitrogens with zero attached hydrogens (tertiary/aromatic N) is 2. The van der Waals surface area contributed by atoms with E-state index < -0.39 is 23.4 Å². The first-order valence-corrected chi connectivity index (χ1v) is 6.58. The molecule has 1 aromatic carbocycles. The monoisotopic (exact) mass is 286 g/mol. The van der Waals surface area contributed by atoms with Crippen LogP contribution >= 0.6 is 0 Å². The van der Waals surface area contributed by atoms with Crippen molar-refractivity contribution in [1.82, 2.24) is 0 Å². The molecule has 5 nitrogen and oxygen atoms in total. The van der Waals surface area contributed by atoms with Crippen molar-refractivity contribution in [2.45, 2.75) is 25.7 Å². The van der Waals surface area contributed by atoms with Gasteiger partial charge >= 0.3 is 0 Å². The molecule has 2 aliphatic rings. The van der Waals surface area contributed by atoms with E-state index in [0.29, 0.717) is 24.0 Å². The molecule has 0 saturated carbocycles. The van der Waals surface area contributed by atoms with Gasteiger partial charge in [0.05, 0.1) is 11.3 Å². The molecule has 0 unspecified atom stereocenters. The Hall–Kier alpha value is -2.68. The molecular weight excluding hydrogens is 275 g/mol. The SMILES string of the molecule is N#Cc1cc(F)c(N2C(=O)C3=C(CCCC3)C2=O)cc1O. The number of phenolic OH excluding ortho intramolecular Hbond substituents is 1. The Labute approximate surface area is 119 Å². The van der Waals surface area contributed by atoms with Gasteiger partial charge in [0, 0.05) is 17.2 Å². The maximum Gasteiger partial charge on any atom is 0.261 e. The normalized spacial score (nSPS) is 18.0. The number of amides is 2. The van der Waals surface area contributed by atoms with E-state index >= 15 is 0 Å². The minimum Gasteiger partial charge on any atom is -0.506 e. The fourth-order valence-corrected chi connectivity index (χ4v) is 2.77. The van der Waals surface area contributed by atoms with Crippen LogP contribution in [0.15, 0.2) is 23.3 Å². The van der Waals surface area contributed by atoms with Crippen LogP contribution in [0, 0.1) is 17.1 Å². The Morgan fingerprint density at radius 2 is 1.71 bits per heavy atom. The standard InChI is InChI=1S/C15H11FN2O3/c16-11-5-8(7-17)13(19)6-12(11)18-14(20)9-3-1-2-4-10(9)15(18)21/h5-6,19H,1-4H2. The van der Waals surface area contributed by atoms with E-state index in [1.165, 1.54) is 0 Å². The molecule has 0 fully saturated rings. The molecule has 0 aromatic heterocycles. The number of benzene rings is 1. The highest BCUT2D eigenvalue weighted by Gasteiger charge is 2.41. The molecule has 1 aliphatic heterocycles. The minimum atomic E-state index is -0.883. The second-order valence-electron chi connectivity index (χ2n) is 5.04. The number of carbonyl (C=O) groups is 2. The summed E-state index contributed by atoms with van der Waals surface area (Å²) in [6.07, 6.45) is 2.68. The molecular formula is C15H11FN2O3. The van der Waals surface area contributed by atoms with Crippen molar-refractivity contribution in [2.24, 2.45) is 0 Å². The summed E-state index contributed by atoms with van der Waals surface area (Å²) in [7, 11) is 0. The zero-order chi connectivity index (χ0) is 15.1. The molecule has 0 atom stereocenters. The van der Waals surface area contributed by atoms with E-state index in [1.807, 2.05) is 0 Å². The predicted octanol–water partition coefficient (Wildman–Crippen LogP) is 2.15. The highest BCUT2D eigenvalue weighted by Crippen LogP contribution is 2.38. The molecule has 2 amide bonds. The van der Waals surface area contributed by atoms with Gasteiger partial charge in [-0.1, -0.05) is 0 Å². The predicted molar refractivity (Wildman–Crippen MR) is 70.8 cm³/mol. The highest BCUT2D eigenvalue weighted by atomic mass is 19.1. The van der Waals surface area contributed by atoms with Crippen LogP contribution in [0.2, 0.25) is 0 Å². The van der Waals surface area contributed by atoms with Crippen molar-refractivity contribution in [3.8, 4) is 11.8 Å². The smallest absolute Gasteiger partial charge is 0.261 e. The van der Waals surface area contributed by atoms with E-state index in [-0.39, 0.29) is 11.3 Å². The Kier molecular flexibility index (Phi) is 2.98. The summed E-state index contributed by atoms with van der Waals surface area (Å²) >= 11 is 0. The van der Waals surface area contributed by atoms with Gasteiger partial charge in [-0.3, -0.25) is 9.59 Å². The number of carbonyl (C=O) groups excluding carboxylic acids is 2. The van der Waals surface area contributed by atoms with Gasteiger partial charge in [-0.15, -0.1) is 0 Å². The number of rotatable bonds is 1. The van der Waals surface area contributed by atoms with Crippen LogP contribution in [0.4, 0.5) is 10.1 Å². The molecule has 1 heterocycles. The summed E-state index contributed by atoms with van der Waals surface area (Å²) in [5.74, 6) is -2.40. The summed E-state index contributed by atoms with van der Waals surface area (Å²) in [6, 6.07) is 3.41. The van der Waals surface area contributed by atoms with Crippen LogP contribution in [-0.2, 0) is 9.59 Å². The van der Waals surface area contributed by atoms with Crippen molar-refractivity contribution in [1.29, 1.82) is 5.26 Å². The lowest BCUT2D eigenvalue weighted by molar-refractivity contribution is -0.120. The van der Waals surface area contributed by atoms with Crippen molar-refractivity contribution >= 4 is 17.5 Å². The van der Waals surface area contributed by atoms with E-state index in [4.69, 9.17) is 5.26 Å². The highest BCUT2D eigenvalue weighted by molar-refractivity contribution is 6.33. The zero-order valence-electron chi connectivity index (χ0n) is 11.0. The Morgan fingerprint density at radius 3 is 2.24 bits per heavy atom. The quantitative estimate of drug-likeness (QED) is 0.802. The van der Waals surface area contributed by atoms with Gasteiger partial charge in [0.25, 0.3) is 11.8 Å². The van der Waals surface area contributed by atoms with Gasteiger partial charge in [-0.25, -0.2) is 9.29 Å². The molecule has 1 aromatic rings. The third kappa shape index (κ3) is 1.89. The maximum atomic E-state index is 14.1. The van der Waals surface area contributed by atoms with E-state index in [0.717, 1.165) is 29.9 Å². The topological polar surface area (TPSA) is 81.4 Å². The molecule has 21 heavy (non-hydrogen) atoms. The van der Waals surface area contributed by atoms with Gasteiger partial charge in [-0.05, 0) is 31.7 Å². The number of halogens is 1. The van der Waals surface area contributed by atoms with Crippen LogP contribution in [-0.4, -0.2) is 16.9 Å². The summed E-state index contributed by atoms with van der Waals surface area (Å²) < 4.78 is 14.1. The van der Waals surface area contributed by atoms with E-state index in [2.05, 4.69) is 0 Å². The van der Waals surface area contributed by atoms with Gasteiger partial charge in [0.15, 0.2) is 0 Å². The molecule has 106 valence electrons. The van der Waals surface area contributed by atoms with Crippen LogP contribution in [0.1, 0.15) is 31.2 Å². The second-order valence-corrected chi connectivity index (χ2v) is 5.04. The van der Waals surface area contributed by atoms with Crippen molar-refractivity contribution in [2.75, 3.05) is 4.90 Å². The van der Waals surface area contributed by atoms with Crippen molar-refractivity contribution in [3.63, 3.8) is 0 Å². The molecule has 0 bridgehead atoms. The number of anilines is 1. The summed E-state index contributed by atoms with van der Waals surface area (Å²) in [5, 5.41) is 18.4. The van der Waals surface area contributed by atoms with Gasteiger partial charge in [0.2, 0.25) is 0 Å². The summed E-state index contributed by atoms with van der Waals surface area (Å²) in [5.41, 5.74) is 0.327. The average Bonchev–Trinajstić information content (AvgIpc) is 2.74. The third-order valence-electron chi connectivity index (χ3n) is 3.82. The van der Waals surface area contributed by atoms with E-state index in [9.17, 15) is 19.1 Å². The van der Waals surface area contributed by atoms with Crippen molar-refractivity contribution < 1.29 is 19.1 Å². The fourth-order valence-electron chi connectivity index (χ4n) is 2.77. The first kappa shape index (κ1) is 13.3. The van der Waals surface area contributed by atoms with Crippen LogP contribution in [0.5, 0.6) is 5.75 Å². The summed E-state index contributed by atoms with van der Waals surface area (Å²) in [6.45, 7) is 0. The number of hydrogen-bond acceptors (Lipinski definition) is 4. The molecule has 6 heteroatoms. The second kappa shape index (κ2) is 4.70. The lowest BCUT2D eigenvalue weighted by Gasteiger charge is -2.16. The Bertz CT molecular complexity index is 718. The number of aromatic hydroxyl groups is 1. The fraction of sp³-hybridized carbons (Fsp3) is 0.267. The molecule has 0 saturated heterocycles. The van der Waals surface area contributed by atoms with Gasteiger partial charge in [0.1, 0.15) is 17.6 Å².